The number of esters is 2. The van der Waals surface area contributed by atoms with E-state index in [2.05, 4.69) is 54.4 Å². The van der Waals surface area contributed by atoms with Crippen molar-refractivity contribution in [1.82, 2.24) is 9.55 Å². The maximum atomic E-state index is 12.8. The number of phosphoric acid groups is 2. The van der Waals surface area contributed by atoms with Crippen LogP contribution in [0.4, 0.5) is 5.82 Å². The van der Waals surface area contributed by atoms with Gasteiger partial charge < -0.3 is 50.2 Å². The van der Waals surface area contributed by atoms with Gasteiger partial charge in [-0.3, -0.25) is 23.2 Å². The highest BCUT2D eigenvalue weighted by molar-refractivity contribution is 7.61. The van der Waals surface area contributed by atoms with E-state index in [9.17, 15) is 53.7 Å². The van der Waals surface area contributed by atoms with Gasteiger partial charge in [0, 0.05) is 19.0 Å². The van der Waals surface area contributed by atoms with Crippen molar-refractivity contribution in [2.75, 3.05) is 25.6 Å². The molecule has 0 aromatic carbocycles. The molecule has 2 heterocycles. The topological polar surface area (TPSA) is 306 Å². The second-order valence-corrected chi connectivity index (χ2v) is 19.5. The number of nitrogens with zero attached hydrogens (tertiary/aromatic N) is 2. The summed E-state index contributed by atoms with van der Waals surface area (Å²) in [5, 5.41) is 41.6. The average Bonchev–Trinajstić information content (AvgIpc) is 3.55. The second-order valence-electron chi connectivity index (χ2n) is 16.4. The Morgan fingerprint density at radius 2 is 1.40 bits per heavy atom. The van der Waals surface area contributed by atoms with Gasteiger partial charge in [-0.25, -0.2) is 13.9 Å². The van der Waals surface area contributed by atoms with Gasteiger partial charge in [-0.2, -0.15) is 9.29 Å². The molecule has 8 N–H and O–H groups in total. The predicted octanol–water partition coefficient (Wildman–Crippen LogP) is 6.40. The molecular weight excluding hydrogens is 916 g/mol. The van der Waals surface area contributed by atoms with Gasteiger partial charge in [-0.05, 0) is 63.4 Å². The smallest absolute Gasteiger partial charge is 0.462 e. The van der Waals surface area contributed by atoms with Crippen molar-refractivity contribution in [1.29, 1.82) is 0 Å². The molecule has 0 spiro atoms. The molecule has 1 aromatic heterocycles. The summed E-state index contributed by atoms with van der Waals surface area (Å²) >= 11 is 0. The van der Waals surface area contributed by atoms with E-state index in [1.54, 1.807) is 6.08 Å². The summed E-state index contributed by atoms with van der Waals surface area (Å²) in [5.41, 5.74) is 4.55. The molecule has 1 saturated heterocycles. The highest BCUT2D eigenvalue weighted by Gasteiger charge is 2.46. The average molecular weight is 992 g/mol. The molecule has 1 aliphatic heterocycles. The SMILES string of the molecule is CC/C=C\C/C=C\C/C=C\C/C=C\C[C@H](O)[C@@H](O)CCCC(=O)OC[C@H](COP(=O)(O)OP(=O)(O)OC[C@H]1O[C@@H](n2ccc(N)nc2=O)[C@H](O)[C@@H]1O)OC(=O)CCCCCCCCC(C)CC. The summed E-state index contributed by atoms with van der Waals surface area (Å²) < 4.78 is 56.3. The maximum absolute atomic E-state index is 12.8. The van der Waals surface area contributed by atoms with E-state index in [4.69, 9.17) is 29.0 Å². The van der Waals surface area contributed by atoms with Gasteiger partial charge in [0.05, 0.1) is 25.4 Å². The highest BCUT2D eigenvalue weighted by Crippen LogP contribution is 2.60. The summed E-state index contributed by atoms with van der Waals surface area (Å²) in [4.78, 5) is 61.7. The Labute approximate surface area is 394 Å². The van der Waals surface area contributed by atoms with Gasteiger partial charge >= 0.3 is 33.3 Å². The molecule has 2 rings (SSSR count). The van der Waals surface area contributed by atoms with Crippen molar-refractivity contribution in [3.63, 3.8) is 0 Å². The van der Waals surface area contributed by atoms with Crippen LogP contribution in [0.3, 0.4) is 0 Å². The lowest BCUT2D eigenvalue weighted by Gasteiger charge is -2.21. The Kier molecular flexibility index (Phi) is 29.6. The van der Waals surface area contributed by atoms with Gasteiger partial charge in [0.25, 0.3) is 0 Å². The molecule has 67 heavy (non-hydrogen) atoms. The molecule has 382 valence electrons. The van der Waals surface area contributed by atoms with Crippen LogP contribution in [0.15, 0.2) is 65.7 Å². The Morgan fingerprint density at radius 3 is 2.04 bits per heavy atom. The quantitative estimate of drug-likeness (QED) is 0.0165. The van der Waals surface area contributed by atoms with Gasteiger partial charge in [-0.15, -0.1) is 0 Å². The Morgan fingerprint density at radius 1 is 0.806 bits per heavy atom. The fraction of sp³-hybridized carbons (Fsp3) is 0.689. The molecule has 20 nitrogen and oxygen atoms in total. The summed E-state index contributed by atoms with van der Waals surface area (Å²) in [6.07, 6.45) is 18.4. The lowest BCUT2D eigenvalue weighted by Crippen LogP contribution is -2.36. The standard InChI is InChI=1S/C45H75N3O17P2/c1-4-6-7-8-9-10-11-12-13-14-18-21-25-36(49)37(50)26-23-28-40(51)60-31-35(63-41(52)27-22-19-16-15-17-20-24-34(3)5-2)32-61-66(56,57)65-67(58,59)62-33-38-42(53)43(54)44(64-38)48-30-29-39(46)47-45(48)55/h6-7,9-10,12-13,18,21,29-30,34-38,42-44,49-50,53-54H,4-5,8,11,14-17,19-20,22-28,31-33H2,1-3H3,(H,56,57)(H,58,59)(H2,46,47,55)/b7-6-,10-9-,13-12-,21-18-/t34?,35-,36+,37+,38-,42-,43-,44-/m1/s1. The normalized spacial score (nSPS) is 21.4. The molecule has 0 bridgehead atoms. The first-order valence-corrected chi connectivity index (χ1v) is 26.2. The van der Waals surface area contributed by atoms with Crippen molar-refractivity contribution in [2.45, 2.75) is 173 Å². The Bertz CT molecular complexity index is 1860. The molecule has 0 amide bonds. The number of rotatable bonds is 36. The van der Waals surface area contributed by atoms with Crippen molar-refractivity contribution in [3.05, 3.63) is 71.4 Å². The predicted molar refractivity (Wildman–Crippen MR) is 250 cm³/mol. The number of aliphatic hydroxyl groups is 4. The minimum absolute atomic E-state index is 0.0144. The first-order valence-electron chi connectivity index (χ1n) is 23.2. The first kappa shape index (κ1) is 59.8. The van der Waals surface area contributed by atoms with E-state index in [-0.39, 0.29) is 37.9 Å². The molecule has 10 atom stereocenters. The van der Waals surface area contributed by atoms with Crippen LogP contribution in [0.5, 0.6) is 0 Å². The Balaban J connectivity index is 1.89. The lowest BCUT2D eigenvalue weighted by atomic mass is 10.00. The number of aliphatic hydroxyl groups excluding tert-OH is 4. The van der Waals surface area contributed by atoms with Gasteiger partial charge in [-0.1, -0.05) is 114 Å². The van der Waals surface area contributed by atoms with Crippen molar-refractivity contribution in [2.24, 2.45) is 5.92 Å². The molecule has 0 aliphatic carbocycles. The van der Waals surface area contributed by atoms with Crippen LogP contribution in [0.2, 0.25) is 0 Å². The fourth-order valence-electron chi connectivity index (χ4n) is 6.55. The van der Waals surface area contributed by atoms with Crippen LogP contribution in [0, 0.1) is 5.92 Å². The van der Waals surface area contributed by atoms with Gasteiger partial charge in [0.2, 0.25) is 0 Å². The van der Waals surface area contributed by atoms with Crippen LogP contribution in [-0.4, -0.2) is 108 Å². The van der Waals surface area contributed by atoms with Crippen LogP contribution in [-0.2, 0) is 46.3 Å². The number of nitrogen functional groups attached to an aromatic ring is 1. The lowest BCUT2D eigenvalue weighted by molar-refractivity contribution is -0.161. The third kappa shape index (κ3) is 26.3. The van der Waals surface area contributed by atoms with Crippen LogP contribution < -0.4 is 11.4 Å². The van der Waals surface area contributed by atoms with Crippen LogP contribution in [0.25, 0.3) is 0 Å². The maximum Gasteiger partial charge on any atom is 0.481 e. The highest BCUT2D eigenvalue weighted by atomic mass is 31.3. The molecule has 22 heteroatoms. The third-order valence-electron chi connectivity index (χ3n) is 10.7. The number of hydrogen-bond donors (Lipinski definition) is 7. The first-order chi connectivity index (χ1) is 31.9. The van der Waals surface area contributed by atoms with E-state index in [0.29, 0.717) is 18.8 Å². The largest absolute Gasteiger partial charge is 0.481 e. The van der Waals surface area contributed by atoms with E-state index in [1.165, 1.54) is 12.5 Å². The number of carbonyl (C=O) groups is 2. The van der Waals surface area contributed by atoms with Crippen molar-refractivity contribution < 1.29 is 76.5 Å². The molecule has 1 aliphatic rings. The summed E-state index contributed by atoms with van der Waals surface area (Å²) in [6, 6.07) is 1.23. The zero-order valence-corrected chi connectivity index (χ0v) is 40.9. The van der Waals surface area contributed by atoms with E-state index < -0.39 is 95.9 Å². The molecule has 1 aromatic rings. The number of allylic oxidation sites excluding steroid dienone is 7. The number of aromatic nitrogens is 2. The number of phosphoric ester groups is 2. The van der Waals surface area contributed by atoms with Crippen LogP contribution in [0.1, 0.15) is 136 Å². The van der Waals surface area contributed by atoms with Gasteiger partial charge in [0.15, 0.2) is 12.3 Å². The minimum atomic E-state index is -5.48. The molecule has 0 radical (unpaired) electrons. The number of anilines is 1. The molecule has 3 unspecified atom stereocenters. The number of carbonyl (C=O) groups excluding carboxylic acids is 2. The van der Waals surface area contributed by atoms with E-state index in [1.807, 2.05) is 18.2 Å². The fourth-order valence-corrected chi connectivity index (χ4v) is 8.66. The number of unbranched alkanes of at least 4 members (excludes halogenated alkanes) is 5. The number of nitrogens with two attached hydrogens (primary N) is 1. The number of hydrogen-bond acceptors (Lipinski definition) is 17. The molecule has 1 fully saturated rings. The van der Waals surface area contributed by atoms with E-state index >= 15 is 0 Å². The zero-order valence-electron chi connectivity index (χ0n) is 39.1. The summed E-state index contributed by atoms with van der Waals surface area (Å²) in [5.74, 6) is -0.922. The summed E-state index contributed by atoms with van der Waals surface area (Å²) in [6.45, 7) is 3.93. The molecule has 0 saturated carbocycles. The summed E-state index contributed by atoms with van der Waals surface area (Å²) in [7, 11) is -11.0. The minimum Gasteiger partial charge on any atom is -0.462 e. The van der Waals surface area contributed by atoms with Gasteiger partial charge in [0.1, 0.15) is 30.7 Å². The Hall–Kier alpha value is -3.36. The van der Waals surface area contributed by atoms with E-state index in [0.717, 1.165) is 68.6 Å². The molecular formula is C45H75N3O17P2. The monoisotopic (exact) mass is 991 g/mol. The van der Waals surface area contributed by atoms with Crippen molar-refractivity contribution >= 4 is 33.4 Å². The zero-order chi connectivity index (χ0) is 49.7. The van der Waals surface area contributed by atoms with Crippen LogP contribution >= 0.6 is 15.6 Å². The number of ether oxygens (including phenoxy) is 3. The van der Waals surface area contributed by atoms with Crippen molar-refractivity contribution in [3.8, 4) is 0 Å². The second kappa shape index (κ2) is 33.2. The third-order valence-corrected chi connectivity index (χ3v) is 13.3.